The number of aromatic nitrogens is 3. The first-order valence-corrected chi connectivity index (χ1v) is 7.94. The molecule has 0 spiro atoms. The number of H-pyrrole nitrogens is 1. The molecule has 0 aliphatic carbocycles. The number of nitrogens with one attached hydrogen (secondary N) is 1. The molecule has 1 atom stereocenters. The average molecular weight is 317 g/mol. The van der Waals surface area contributed by atoms with Crippen molar-refractivity contribution in [1.82, 2.24) is 15.2 Å². The molecule has 1 unspecified atom stereocenters. The lowest BCUT2D eigenvalue weighted by Gasteiger charge is -2.08. The van der Waals surface area contributed by atoms with Crippen molar-refractivity contribution in [2.75, 3.05) is 0 Å². The number of aryl methyl sites for hydroxylation is 1. The number of halogens is 1. The maximum absolute atomic E-state index is 13.8. The number of aliphatic hydroxyl groups is 1. The number of aliphatic hydroxyl groups excluding tert-OH is 1. The van der Waals surface area contributed by atoms with Crippen LogP contribution >= 0.6 is 11.3 Å². The molecule has 0 fully saturated rings. The van der Waals surface area contributed by atoms with Crippen molar-refractivity contribution in [3.05, 3.63) is 69.7 Å². The number of nitrogens with zero attached hydrogens (tertiary/aromatic N) is 2. The van der Waals surface area contributed by atoms with Gasteiger partial charge < -0.3 is 5.11 Å². The summed E-state index contributed by atoms with van der Waals surface area (Å²) in [5.41, 5.74) is 1.80. The lowest BCUT2D eigenvalue weighted by Crippen LogP contribution is -2.02. The Morgan fingerprint density at radius 2 is 2.09 bits per heavy atom. The first-order chi connectivity index (χ1) is 10.7. The molecule has 3 aromatic rings. The van der Waals surface area contributed by atoms with E-state index >= 15 is 0 Å². The van der Waals surface area contributed by atoms with Crippen LogP contribution in [0.25, 0.3) is 0 Å². The number of benzene rings is 1. The molecule has 22 heavy (non-hydrogen) atoms. The minimum Gasteiger partial charge on any atom is -0.385 e. The van der Waals surface area contributed by atoms with Crippen molar-refractivity contribution in [3.63, 3.8) is 0 Å². The predicted molar refractivity (Wildman–Crippen MR) is 83.2 cm³/mol. The van der Waals surface area contributed by atoms with E-state index in [0.29, 0.717) is 24.2 Å². The fourth-order valence-electron chi connectivity index (χ4n) is 2.37. The Labute approximate surface area is 131 Å². The first-order valence-electron chi connectivity index (χ1n) is 7.06. The molecule has 0 bridgehead atoms. The van der Waals surface area contributed by atoms with Gasteiger partial charge in [0.1, 0.15) is 18.2 Å². The molecule has 4 nitrogen and oxygen atoms in total. The molecule has 3 rings (SSSR count). The maximum Gasteiger partial charge on any atom is 0.178 e. The fraction of sp³-hybridized carbons (Fsp3) is 0.250. The predicted octanol–water partition coefficient (Wildman–Crippen LogP) is 3.26. The number of aromatic amines is 1. The summed E-state index contributed by atoms with van der Waals surface area (Å²) in [6, 6.07) is 8.84. The van der Waals surface area contributed by atoms with Gasteiger partial charge in [-0.15, -0.1) is 11.3 Å². The smallest absolute Gasteiger partial charge is 0.178 e. The molecule has 2 N–H and O–H groups in total. The van der Waals surface area contributed by atoms with Crippen LogP contribution in [0.3, 0.4) is 0 Å². The summed E-state index contributed by atoms with van der Waals surface area (Å²) in [7, 11) is 0. The molecule has 2 aromatic heterocycles. The summed E-state index contributed by atoms with van der Waals surface area (Å²) in [5.74, 6) is 0.229. The van der Waals surface area contributed by atoms with Crippen LogP contribution in [0.2, 0.25) is 0 Å². The van der Waals surface area contributed by atoms with E-state index in [1.807, 2.05) is 17.5 Å². The highest BCUT2D eigenvalue weighted by molar-refractivity contribution is 7.10. The van der Waals surface area contributed by atoms with Crippen molar-refractivity contribution in [2.24, 2.45) is 0 Å². The third-order valence-electron chi connectivity index (χ3n) is 3.55. The van der Waals surface area contributed by atoms with Crippen molar-refractivity contribution in [3.8, 4) is 0 Å². The van der Waals surface area contributed by atoms with Crippen LogP contribution in [-0.2, 0) is 12.8 Å². The van der Waals surface area contributed by atoms with E-state index in [9.17, 15) is 9.50 Å². The highest BCUT2D eigenvalue weighted by Gasteiger charge is 2.14. The van der Waals surface area contributed by atoms with E-state index in [4.69, 9.17) is 0 Å². The Bertz CT molecular complexity index is 727. The summed E-state index contributed by atoms with van der Waals surface area (Å²) in [6.07, 6.45) is 2.60. The second-order valence-electron chi connectivity index (χ2n) is 5.05. The Balaban J connectivity index is 1.66. The summed E-state index contributed by atoms with van der Waals surface area (Å²) in [4.78, 5) is 5.12. The average Bonchev–Trinajstić information content (AvgIpc) is 3.19. The quantitative estimate of drug-likeness (QED) is 0.733. The van der Waals surface area contributed by atoms with Crippen LogP contribution in [0.5, 0.6) is 0 Å². The van der Waals surface area contributed by atoms with Crippen molar-refractivity contribution < 1.29 is 9.50 Å². The molecule has 0 radical (unpaired) electrons. The largest absolute Gasteiger partial charge is 0.385 e. The van der Waals surface area contributed by atoms with Gasteiger partial charge in [-0.2, -0.15) is 5.10 Å². The Hall–Kier alpha value is -2.05. The van der Waals surface area contributed by atoms with Crippen LogP contribution in [0, 0.1) is 5.82 Å². The van der Waals surface area contributed by atoms with Crippen molar-refractivity contribution >= 4 is 11.3 Å². The zero-order chi connectivity index (χ0) is 15.4. The van der Waals surface area contributed by atoms with Gasteiger partial charge >= 0.3 is 0 Å². The molecule has 0 saturated heterocycles. The SMILES string of the molecule is OC(CCc1sccc1Cc1ccccc1F)c1nc[nH]n1. The Morgan fingerprint density at radius 3 is 2.86 bits per heavy atom. The Morgan fingerprint density at radius 1 is 1.23 bits per heavy atom. The molecule has 2 heterocycles. The molecular weight excluding hydrogens is 301 g/mol. The maximum atomic E-state index is 13.8. The minimum atomic E-state index is -0.685. The first kappa shape index (κ1) is 14.9. The van der Waals surface area contributed by atoms with Crippen LogP contribution in [0.4, 0.5) is 4.39 Å². The van der Waals surface area contributed by atoms with Crippen LogP contribution in [0.15, 0.2) is 42.0 Å². The lowest BCUT2D eigenvalue weighted by molar-refractivity contribution is 0.158. The van der Waals surface area contributed by atoms with Gasteiger partial charge in [0.2, 0.25) is 0 Å². The minimum absolute atomic E-state index is 0.180. The molecule has 0 saturated carbocycles. The van der Waals surface area contributed by atoms with Crippen molar-refractivity contribution in [2.45, 2.75) is 25.4 Å². The molecule has 6 heteroatoms. The van der Waals surface area contributed by atoms with Gasteiger partial charge in [0.15, 0.2) is 5.82 Å². The summed E-state index contributed by atoms with van der Waals surface area (Å²) < 4.78 is 13.8. The van der Waals surface area contributed by atoms with Crippen LogP contribution in [-0.4, -0.2) is 20.3 Å². The monoisotopic (exact) mass is 317 g/mol. The Kier molecular flexibility index (Phi) is 4.60. The molecule has 0 aliphatic rings. The van der Waals surface area contributed by atoms with Gasteiger partial charge in [0.05, 0.1) is 0 Å². The van der Waals surface area contributed by atoms with E-state index in [1.165, 1.54) is 12.4 Å². The van der Waals surface area contributed by atoms with Crippen LogP contribution < -0.4 is 0 Å². The molecule has 1 aromatic carbocycles. The zero-order valence-corrected chi connectivity index (χ0v) is 12.7. The molecule has 114 valence electrons. The number of thiophene rings is 1. The third-order valence-corrected chi connectivity index (χ3v) is 4.58. The second-order valence-corrected chi connectivity index (χ2v) is 6.05. The second kappa shape index (κ2) is 6.81. The summed E-state index contributed by atoms with van der Waals surface area (Å²) in [6.45, 7) is 0. The summed E-state index contributed by atoms with van der Waals surface area (Å²) in [5, 5.41) is 18.5. The van der Waals surface area contributed by atoms with Gasteiger partial charge in [0, 0.05) is 11.3 Å². The normalized spacial score (nSPS) is 12.5. The van der Waals surface area contributed by atoms with E-state index < -0.39 is 6.10 Å². The number of hydrogen-bond acceptors (Lipinski definition) is 4. The lowest BCUT2D eigenvalue weighted by atomic mass is 10.0. The van der Waals surface area contributed by atoms with E-state index in [2.05, 4.69) is 15.2 Å². The molecular formula is C16H16FN3OS. The van der Waals surface area contributed by atoms with Crippen LogP contribution in [0.1, 0.15) is 34.4 Å². The zero-order valence-electron chi connectivity index (χ0n) is 11.9. The molecule has 0 aliphatic heterocycles. The van der Waals surface area contributed by atoms with E-state index in [0.717, 1.165) is 16.9 Å². The third kappa shape index (κ3) is 3.40. The van der Waals surface area contributed by atoms with Gasteiger partial charge in [0.25, 0.3) is 0 Å². The van der Waals surface area contributed by atoms with E-state index in [-0.39, 0.29) is 5.82 Å². The summed E-state index contributed by atoms with van der Waals surface area (Å²) >= 11 is 1.63. The molecule has 0 amide bonds. The number of rotatable bonds is 6. The van der Waals surface area contributed by atoms with E-state index in [1.54, 1.807) is 23.5 Å². The highest BCUT2D eigenvalue weighted by Crippen LogP contribution is 2.25. The van der Waals surface area contributed by atoms with Crippen molar-refractivity contribution in [1.29, 1.82) is 0 Å². The standard InChI is InChI=1S/C16H16FN3OS/c17-13-4-2-1-3-11(13)9-12-7-8-22-15(12)6-5-14(21)16-18-10-19-20-16/h1-4,7-8,10,14,21H,5-6,9H2,(H,18,19,20). The topological polar surface area (TPSA) is 61.8 Å². The van der Waals surface area contributed by atoms with Gasteiger partial charge in [-0.25, -0.2) is 9.37 Å². The highest BCUT2D eigenvalue weighted by atomic mass is 32.1. The van der Waals surface area contributed by atoms with Gasteiger partial charge in [-0.05, 0) is 41.5 Å². The van der Waals surface area contributed by atoms with Gasteiger partial charge in [-0.3, -0.25) is 5.10 Å². The fourth-order valence-corrected chi connectivity index (χ4v) is 3.29. The van der Waals surface area contributed by atoms with Gasteiger partial charge in [-0.1, -0.05) is 18.2 Å². The number of hydrogen-bond donors (Lipinski definition) is 2.